The van der Waals surface area contributed by atoms with Crippen LogP contribution in [0.15, 0.2) is 34.9 Å². The molecule has 1 saturated heterocycles. The number of aliphatic hydroxyl groups excluding tert-OH is 1. The fraction of sp³-hybridized carbons (Fsp3) is 0.559. The normalized spacial score (nSPS) is 26.0. The highest BCUT2D eigenvalue weighted by molar-refractivity contribution is 5.96. The van der Waals surface area contributed by atoms with Crippen molar-refractivity contribution in [3.8, 4) is 0 Å². The SMILES string of the molecule is CCC1c2nnc(o2)CNC(=O)[C@H](CCCCN)NC(=O)[C@H](Cc2c[nH]c3ccccc23)NC(=O)[C@H](CO)NC(=O)[C@H](C)NC(=O)[C@@H]2CCCN12. The Labute approximate surface area is 295 Å². The number of nitrogens with two attached hydrogens (primary N) is 1. The standard InChI is InChI=1S/C34H48N10O7/c1-3-26-34-43-42-28(51-34)17-37-30(47)23(11-6-7-13-35)39-31(48)24(15-20-16-36-22-10-5-4-9-21(20)22)40-32(49)25(18-45)41-29(46)19(2)38-33(50)27-12-8-14-44(26)27/h4-5,9-10,16,19,23-27,36,45H,3,6-8,11-15,17-18,35H2,1-2H3,(H,37,47)(H,38,50)(H,39,48)(H,40,49)(H,41,46)/t19-,23-,24-,25-,26?,27-/m0/s1. The third-order valence-corrected chi connectivity index (χ3v) is 9.44. The Morgan fingerprint density at radius 2 is 1.67 bits per heavy atom. The highest BCUT2D eigenvalue weighted by Crippen LogP contribution is 2.31. The summed E-state index contributed by atoms with van der Waals surface area (Å²) in [5.74, 6) is -2.60. The van der Waals surface area contributed by atoms with Gasteiger partial charge in [0.15, 0.2) is 0 Å². The van der Waals surface area contributed by atoms with Crippen molar-refractivity contribution in [3.63, 3.8) is 0 Å². The number of aromatic nitrogens is 3. The molecular formula is C34H48N10O7. The largest absolute Gasteiger partial charge is 0.422 e. The second-order valence-corrected chi connectivity index (χ2v) is 13.0. The minimum atomic E-state index is -1.44. The lowest BCUT2D eigenvalue weighted by atomic mass is 10.0. The van der Waals surface area contributed by atoms with Gasteiger partial charge in [-0.2, -0.15) is 0 Å². The van der Waals surface area contributed by atoms with Crippen LogP contribution < -0.4 is 32.3 Å². The Hall–Kier alpha value is -4.87. The molecule has 0 saturated carbocycles. The second kappa shape index (κ2) is 17.4. The Morgan fingerprint density at radius 3 is 2.43 bits per heavy atom. The van der Waals surface area contributed by atoms with Crippen molar-refractivity contribution in [3.05, 3.63) is 47.8 Å². The number of nitrogens with zero attached hydrogens (tertiary/aromatic N) is 3. The van der Waals surface area contributed by atoms with E-state index in [1.54, 1.807) is 6.20 Å². The van der Waals surface area contributed by atoms with Crippen LogP contribution in [0, 0.1) is 0 Å². The number of H-pyrrole nitrogens is 1. The number of hydrogen-bond acceptors (Lipinski definition) is 11. The van der Waals surface area contributed by atoms with Crippen LogP contribution in [0.5, 0.6) is 0 Å². The van der Waals surface area contributed by atoms with Crippen molar-refractivity contribution in [2.75, 3.05) is 19.7 Å². The third-order valence-electron chi connectivity index (χ3n) is 9.44. The number of carbonyl (C=O) groups is 5. The van der Waals surface area contributed by atoms with Gasteiger partial charge in [-0.1, -0.05) is 25.1 Å². The van der Waals surface area contributed by atoms with Crippen molar-refractivity contribution < 1.29 is 33.5 Å². The van der Waals surface area contributed by atoms with Crippen LogP contribution in [0.25, 0.3) is 10.9 Å². The summed E-state index contributed by atoms with van der Waals surface area (Å²) in [5, 5.41) is 32.8. The summed E-state index contributed by atoms with van der Waals surface area (Å²) in [4.78, 5) is 72.9. The van der Waals surface area contributed by atoms with Gasteiger partial charge in [0.2, 0.25) is 41.3 Å². The lowest BCUT2D eigenvalue weighted by Crippen LogP contribution is -2.59. The molecule has 0 aliphatic carbocycles. The van der Waals surface area contributed by atoms with Gasteiger partial charge in [-0.05, 0) is 70.2 Å². The van der Waals surface area contributed by atoms with Crippen LogP contribution in [-0.2, 0) is 36.9 Å². The third kappa shape index (κ3) is 9.08. The Bertz CT molecular complexity index is 1690. The van der Waals surface area contributed by atoms with E-state index in [1.165, 1.54) is 6.92 Å². The number of rotatable bonds is 8. The average molecular weight is 709 g/mol. The molecule has 17 heteroatoms. The number of hydrogen-bond donors (Lipinski definition) is 8. The summed E-state index contributed by atoms with van der Waals surface area (Å²) in [6.45, 7) is 3.53. The number of aromatic amines is 1. The summed E-state index contributed by atoms with van der Waals surface area (Å²) in [6.07, 6.45) is 5.01. The Kier molecular flexibility index (Phi) is 12.7. The molecule has 4 heterocycles. The first-order valence-corrected chi connectivity index (χ1v) is 17.6. The van der Waals surface area contributed by atoms with Crippen LogP contribution in [0.1, 0.15) is 75.8 Å². The van der Waals surface area contributed by atoms with E-state index in [-0.39, 0.29) is 31.2 Å². The highest BCUT2D eigenvalue weighted by Gasteiger charge is 2.39. The van der Waals surface area contributed by atoms with Crippen LogP contribution in [0.2, 0.25) is 0 Å². The maximum Gasteiger partial charge on any atom is 0.245 e. The van der Waals surface area contributed by atoms with E-state index < -0.39 is 66.5 Å². The van der Waals surface area contributed by atoms with Crippen molar-refractivity contribution >= 4 is 40.4 Å². The molecule has 1 unspecified atom stereocenters. The van der Waals surface area contributed by atoms with Crippen molar-refractivity contribution in [2.45, 2.75) is 102 Å². The van der Waals surface area contributed by atoms with E-state index in [0.717, 1.165) is 22.9 Å². The molecule has 3 aromatic rings. The molecule has 9 N–H and O–H groups in total. The first-order chi connectivity index (χ1) is 24.6. The van der Waals surface area contributed by atoms with Gasteiger partial charge in [-0.3, -0.25) is 28.9 Å². The van der Waals surface area contributed by atoms with Crippen molar-refractivity contribution in [1.82, 2.24) is 46.7 Å². The molecule has 5 rings (SSSR count). The minimum Gasteiger partial charge on any atom is -0.422 e. The fourth-order valence-electron chi connectivity index (χ4n) is 6.66. The number of amides is 5. The van der Waals surface area contributed by atoms with Gasteiger partial charge in [-0.15, -0.1) is 10.2 Å². The van der Waals surface area contributed by atoms with Gasteiger partial charge in [0.25, 0.3) is 0 Å². The average Bonchev–Trinajstić information content (AvgIpc) is 3.90. The molecule has 2 aliphatic rings. The lowest BCUT2D eigenvalue weighted by molar-refractivity contribution is -0.135. The minimum absolute atomic E-state index is 0.0263. The zero-order valence-corrected chi connectivity index (χ0v) is 28.9. The molecule has 2 bridgehead atoms. The molecule has 1 aromatic carbocycles. The lowest BCUT2D eigenvalue weighted by Gasteiger charge is -2.30. The monoisotopic (exact) mass is 708 g/mol. The molecule has 2 aliphatic heterocycles. The summed E-state index contributed by atoms with van der Waals surface area (Å²) >= 11 is 0. The molecular weight excluding hydrogens is 660 g/mol. The molecule has 1 fully saturated rings. The van der Waals surface area contributed by atoms with Gasteiger partial charge in [0.1, 0.15) is 24.2 Å². The predicted octanol–water partition coefficient (Wildman–Crippen LogP) is -0.581. The van der Waals surface area contributed by atoms with Gasteiger partial charge in [-0.25, -0.2) is 0 Å². The van der Waals surface area contributed by atoms with Crippen LogP contribution in [0.4, 0.5) is 0 Å². The zero-order valence-electron chi connectivity index (χ0n) is 28.9. The molecule has 5 amide bonds. The summed E-state index contributed by atoms with van der Waals surface area (Å²) in [5.41, 5.74) is 7.26. The maximum atomic E-state index is 14.0. The molecule has 51 heavy (non-hydrogen) atoms. The summed E-state index contributed by atoms with van der Waals surface area (Å²) in [7, 11) is 0. The van der Waals surface area contributed by atoms with Crippen LogP contribution in [-0.4, -0.2) is 105 Å². The molecule has 17 nitrogen and oxygen atoms in total. The number of benzene rings is 1. The first-order valence-electron chi connectivity index (χ1n) is 17.6. The van der Waals surface area contributed by atoms with Crippen LogP contribution in [0.3, 0.4) is 0 Å². The van der Waals surface area contributed by atoms with Crippen molar-refractivity contribution in [1.29, 1.82) is 0 Å². The van der Waals surface area contributed by atoms with Gasteiger partial charge in [0, 0.05) is 23.5 Å². The maximum absolute atomic E-state index is 14.0. The van der Waals surface area contributed by atoms with E-state index in [0.29, 0.717) is 44.7 Å². The summed E-state index contributed by atoms with van der Waals surface area (Å²) < 4.78 is 5.96. The smallest absolute Gasteiger partial charge is 0.245 e. The number of para-hydroxylation sites is 1. The predicted molar refractivity (Wildman–Crippen MR) is 184 cm³/mol. The van der Waals surface area contributed by atoms with Crippen LogP contribution >= 0.6 is 0 Å². The number of aliphatic hydroxyl groups is 1. The van der Waals surface area contributed by atoms with E-state index >= 15 is 0 Å². The highest BCUT2D eigenvalue weighted by atomic mass is 16.4. The number of fused-ring (bicyclic) bond motifs is 4. The summed E-state index contributed by atoms with van der Waals surface area (Å²) in [6, 6.07) is 1.79. The van der Waals surface area contributed by atoms with E-state index in [4.69, 9.17) is 10.2 Å². The van der Waals surface area contributed by atoms with E-state index in [9.17, 15) is 29.1 Å². The molecule has 6 atom stereocenters. The zero-order chi connectivity index (χ0) is 36.5. The molecule has 0 radical (unpaired) electrons. The quantitative estimate of drug-likeness (QED) is 0.138. The molecule has 2 aromatic heterocycles. The van der Waals surface area contributed by atoms with Gasteiger partial charge < -0.3 is 46.8 Å². The number of carbonyl (C=O) groups excluding carboxylic acids is 5. The van der Waals surface area contributed by atoms with E-state index in [1.807, 2.05) is 36.1 Å². The van der Waals surface area contributed by atoms with Gasteiger partial charge in [0.05, 0.1) is 25.2 Å². The Morgan fingerprint density at radius 1 is 0.922 bits per heavy atom. The molecule has 0 spiro atoms. The number of nitrogens with one attached hydrogen (secondary N) is 6. The van der Waals surface area contributed by atoms with Crippen molar-refractivity contribution in [2.24, 2.45) is 5.73 Å². The van der Waals surface area contributed by atoms with Gasteiger partial charge >= 0.3 is 0 Å². The number of unbranched alkanes of at least 4 members (excludes halogenated alkanes) is 1. The Balaban J connectivity index is 1.46. The topological polar surface area (TPSA) is 250 Å². The first kappa shape index (κ1) is 37.4. The molecule has 276 valence electrons. The fourth-order valence-corrected chi connectivity index (χ4v) is 6.66. The second-order valence-electron chi connectivity index (χ2n) is 13.0. The van der Waals surface area contributed by atoms with E-state index in [2.05, 4.69) is 41.8 Å².